The first-order valence-corrected chi connectivity index (χ1v) is 7.22. The standard InChI is InChI=1S/C15H24FN3O3/c1-4-9(20)8-19-10-5-6-18-11(13(10)14(17)21)7-12(16)15(2,3)22/h5-6,9,12,20,22H,4,7-8H2,1-3H3,(H2,17,21)(H,18,19)/t9-,12+/m0/s1. The van der Waals surface area contributed by atoms with Crippen molar-refractivity contribution >= 4 is 11.6 Å². The number of nitrogens with zero attached hydrogens (tertiary/aromatic N) is 1. The Balaban J connectivity index is 3.05. The number of halogens is 1. The Morgan fingerprint density at radius 1 is 1.55 bits per heavy atom. The van der Waals surface area contributed by atoms with Crippen molar-refractivity contribution in [3.63, 3.8) is 0 Å². The van der Waals surface area contributed by atoms with Crippen LogP contribution in [0.25, 0.3) is 0 Å². The number of primary amides is 1. The van der Waals surface area contributed by atoms with Crippen molar-refractivity contribution in [3.8, 4) is 0 Å². The number of anilines is 1. The van der Waals surface area contributed by atoms with Gasteiger partial charge in [0.15, 0.2) is 0 Å². The molecule has 0 bridgehead atoms. The average Bonchev–Trinajstić information content (AvgIpc) is 2.43. The third-order valence-electron chi connectivity index (χ3n) is 3.41. The number of alkyl halides is 1. The largest absolute Gasteiger partial charge is 0.391 e. The van der Waals surface area contributed by atoms with E-state index in [9.17, 15) is 19.4 Å². The van der Waals surface area contributed by atoms with Crippen LogP contribution in [0.4, 0.5) is 10.1 Å². The van der Waals surface area contributed by atoms with Gasteiger partial charge in [0.05, 0.1) is 28.6 Å². The Bertz CT molecular complexity index is 517. The van der Waals surface area contributed by atoms with Gasteiger partial charge in [-0.3, -0.25) is 9.78 Å². The van der Waals surface area contributed by atoms with E-state index in [0.29, 0.717) is 12.1 Å². The van der Waals surface area contributed by atoms with Gasteiger partial charge in [-0.15, -0.1) is 0 Å². The molecule has 1 aromatic rings. The summed E-state index contributed by atoms with van der Waals surface area (Å²) in [5, 5.41) is 22.2. The van der Waals surface area contributed by atoms with E-state index in [1.165, 1.54) is 20.0 Å². The molecule has 0 saturated carbocycles. The zero-order chi connectivity index (χ0) is 16.9. The summed E-state index contributed by atoms with van der Waals surface area (Å²) in [4.78, 5) is 15.7. The van der Waals surface area contributed by atoms with Gasteiger partial charge in [0.25, 0.3) is 5.91 Å². The number of aliphatic hydroxyl groups excluding tert-OH is 1. The molecule has 0 radical (unpaired) electrons. The lowest BCUT2D eigenvalue weighted by Gasteiger charge is -2.23. The molecule has 0 spiro atoms. The molecule has 0 saturated heterocycles. The molecule has 0 aliphatic rings. The van der Waals surface area contributed by atoms with E-state index in [2.05, 4.69) is 10.3 Å². The van der Waals surface area contributed by atoms with Crippen molar-refractivity contribution in [3.05, 3.63) is 23.5 Å². The molecule has 0 aliphatic heterocycles. The third-order valence-corrected chi connectivity index (χ3v) is 3.41. The summed E-state index contributed by atoms with van der Waals surface area (Å²) in [6, 6.07) is 1.54. The fraction of sp³-hybridized carbons (Fsp3) is 0.600. The molecule has 2 atom stereocenters. The molecule has 1 aromatic heterocycles. The van der Waals surface area contributed by atoms with Gasteiger partial charge in [0.2, 0.25) is 0 Å². The summed E-state index contributed by atoms with van der Waals surface area (Å²) >= 11 is 0. The average molecular weight is 313 g/mol. The predicted molar refractivity (Wildman–Crippen MR) is 82.4 cm³/mol. The molecule has 6 nitrogen and oxygen atoms in total. The fourth-order valence-corrected chi connectivity index (χ4v) is 1.87. The number of carbonyl (C=O) groups is 1. The van der Waals surface area contributed by atoms with Crippen molar-refractivity contribution < 1.29 is 19.4 Å². The number of pyridine rings is 1. The van der Waals surface area contributed by atoms with Gasteiger partial charge in [-0.1, -0.05) is 6.92 Å². The first kappa shape index (κ1) is 18.3. The molecule has 0 fully saturated rings. The van der Waals surface area contributed by atoms with E-state index in [-0.39, 0.29) is 24.2 Å². The van der Waals surface area contributed by atoms with Crippen LogP contribution in [-0.2, 0) is 6.42 Å². The maximum Gasteiger partial charge on any atom is 0.252 e. The van der Waals surface area contributed by atoms with Crippen LogP contribution in [0.2, 0.25) is 0 Å². The fourth-order valence-electron chi connectivity index (χ4n) is 1.87. The highest BCUT2D eigenvalue weighted by molar-refractivity contribution is 5.99. The minimum Gasteiger partial charge on any atom is -0.391 e. The molecular weight excluding hydrogens is 289 g/mol. The quantitative estimate of drug-likeness (QED) is 0.573. The third kappa shape index (κ3) is 4.92. The number of carbonyl (C=O) groups excluding carboxylic acids is 1. The maximum absolute atomic E-state index is 14.0. The molecule has 124 valence electrons. The lowest BCUT2D eigenvalue weighted by atomic mass is 9.96. The topological polar surface area (TPSA) is 108 Å². The second-order valence-corrected chi connectivity index (χ2v) is 5.81. The van der Waals surface area contributed by atoms with Crippen molar-refractivity contribution in [1.29, 1.82) is 0 Å². The van der Waals surface area contributed by atoms with Crippen LogP contribution in [0.1, 0.15) is 43.2 Å². The molecule has 1 heterocycles. The second kappa shape index (κ2) is 7.51. The smallest absolute Gasteiger partial charge is 0.252 e. The van der Waals surface area contributed by atoms with E-state index in [4.69, 9.17) is 5.73 Å². The number of hydrogen-bond donors (Lipinski definition) is 4. The minimum atomic E-state index is -1.59. The van der Waals surface area contributed by atoms with Gasteiger partial charge in [0, 0.05) is 19.2 Å². The minimum absolute atomic E-state index is 0.0812. The van der Waals surface area contributed by atoms with Crippen LogP contribution in [0.5, 0.6) is 0 Å². The van der Waals surface area contributed by atoms with Gasteiger partial charge in [0.1, 0.15) is 6.17 Å². The number of aromatic nitrogens is 1. The number of hydrogen-bond acceptors (Lipinski definition) is 5. The van der Waals surface area contributed by atoms with E-state index in [1.807, 2.05) is 6.92 Å². The number of nitrogens with two attached hydrogens (primary N) is 1. The Hall–Kier alpha value is -1.73. The summed E-state index contributed by atoms with van der Waals surface area (Å²) in [6.07, 6.45) is -0.396. The van der Waals surface area contributed by atoms with Crippen molar-refractivity contribution in [2.24, 2.45) is 5.73 Å². The molecule has 22 heavy (non-hydrogen) atoms. The van der Waals surface area contributed by atoms with Crippen LogP contribution in [0.3, 0.4) is 0 Å². The van der Waals surface area contributed by atoms with Crippen LogP contribution in [0, 0.1) is 0 Å². The first-order valence-electron chi connectivity index (χ1n) is 7.22. The highest BCUT2D eigenvalue weighted by atomic mass is 19.1. The van der Waals surface area contributed by atoms with Gasteiger partial charge < -0.3 is 21.3 Å². The predicted octanol–water partition coefficient (Wildman–Crippen LogP) is 1.01. The Morgan fingerprint density at radius 3 is 2.68 bits per heavy atom. The zero-order valence-electron chi connectivity index (χ0n) is 13.1. The van der Waals surface area contributed by atoms with Gasteiger partial charge in [-0.05, 0) is 26.3 Å². The number of rotatable bonds is 8. The lowest BCUT2D eigenvalue weighted by Crippen LogP contribution is -2.35. The van der Waals surface area contributed by atoms with E-state index in [0.717, 1.165) is 0 Å². The first-order chi connectivity index (χ1) is 10.2. The number of amides is 1. The molecule has 0 aliphatic carbocycles. The number of nitrogens with one attached hydrogen (secondary N) is 1. The van der Waals surface area contributed by atoms with Gasteiger partial charge in [-0.2, -0.15) is 0 Å². The highest BCUT2D eigenvalue weighted by Gasteiger charge is 2.29. The van der Waals surface area contributed by atoms with Gasteiger partial charge >= 0.3 is 0 Å². The number of aliphatic hydroxyl groups is 2. The molecule has 5 N–H and O–H groups in total. The monoisotopic (exact) mass is 313 g/mol. The lowest BCUT2D eigenvalue weighted by molar-refractivity contribution is -0.00307. The Labute approximate surface area is 129 Å². The maximum atomic E-state index is 14.0. The molecule has 1 amide bonds. The van der Waals surface area contributed by atoms with Crippen LogP contribution in [0.15, 0.2) is 12.3 Å². The van der Waals surface area contributed by atoms with Crippen molar-refractivity contribution in [2.45, 2.75) is 51.5 Å². The van der Waals surface area contributed by atoms with Crippen molar-refractivity contribution in [1.82, 2.24) is 4.98 Å². The van der Waals surface area contributed by atoms with E-state index >= 15 is 0 Å². The molecule has 7 heteroatoms. The Morgan fingerprint density at radius 2 is 2.18 bits per heavy atom. The van der Waals surface area contributed by atoms with Crippen LogP contribution in [-0.4, -0.2) is 45.5 Å². The van der Waals surface area contributed by atoms with E-state index < -0.39 is 23.8 Å². The summed E-state index contributed by atoms with van der Waals surface area (Å²) in [6.45, 7) is 4.77. The van der Waals surface area contributed by atoms with Crippen LogP contribution >= 0.6 is 0 Å². The molecule has 0 unspecified atom stereocenters. The second-order valence-electron chi connectivity index (χ2n) is 5.81. The summed E-state index contributed by atoms with van der Waals surface area (Å²) in [5.74, 6) is -0.737. The molecule has 0 aromatic carbocycles. The zero-order valence-corrected chi connectivity index (χ0v) is 13.1. The van der Waals surface area contributed by atoms with Gasteiger partial charge in [-0.25, -0.2) is 4.39 Å². The molecular formula is C15H24FN3O3. The highest BCUT2D eigenvalue weighted by Crippen LogP contribution is 2.23. The normalized spacial score (nSPS) is 14.5. The summed E-state index contributed by atoms with van der Waals surface area (Å²) in [7, 11) is 0. The summed E-state index contributed by atoms with van der Waals surface area (Å²) in [5.41, 5.74) is 4.49. The Kier molecular flexibility index (Phi) is 6.25. The SMILES string of the molecule is CC[C@H](O)CNc1ccnc(C[C@@H](F)C(C)(C)O)c1C(N)=O. The molecule has 1 rings (SSSR count). The van der Waals surface area contributed by atoms with E-state index in [1.54, 1.807) is 6.07 Å². The summed E-state index contributed by atoms with van der Waals surface area (Å²) < 4.78 is 14.0. The van der Waals surface area contributed by atoms with Crippen molar-refractivity contribution in [2.75, 3.05) is 11.9 Å². The van der Waals surface area contributed by atoms with Crippen LogP contribution < -0.4 is 11.1 Å².